The van der Waals surface area contributed by atoms with Crippen molar-refractivity contribution in [3.05, 3.63) is 34.9 Å². The molecule has 0 aromatic carbocycles. The Labute approximate surface area is 66.9 Å². The molecule has 0 aliphatic heterocycles. The summed E-state index contributed by atoms with van der Waals surface area (Å²) in [6, 6.07) is 0. The molecule has 0 bridgehead atoms. The van der Waals surface area contributed by atoms with Gasteiger partial charge in [0.1, 0.15) is 0 Å². The summed E-state index contributed by atoms with van der Waals surface area (Å²) in [7, 11) is 0. The number of halogens is 1. The maximum atomic E-state index is 5.88. The van der Waals surface area contributed by atoms with E-state index in [-0.39, 0.29) is 0 Å². The molecule has 1 aliphatic rings. The Morgan fingerprint density at radius 3 is 2.60 bits per heavy atom. The minimum Gasteiger partial charge on any atom is -0.0841 e. The van der Waals surface area contributed by atoms with Gasteiger partial charge in [-0.3, -0.25) is 0 Å². The van der Waals surface area contributed by atoms with E-state index in [0.717, 1.165) is 10.6 Å². The Balaban J connectivity index is 2.91. The zero-order valence-electron chi connectivity index (χ0n) is 6.26. The summed E-state index contributed by atoms with van der Waals surface area (Å²) in [6.07, 6.45) is 8.26. The first-order chi connectivity index (χ1) is 4.70. The molecule has 0 saturated carbocycles. The molecule has 54 valence electrons. The molecule has 0 aromatic heterocycles. The van der Waals surface area contributed by atoms with Gasteiger partial charge in [-0.1, -0.05) is 36.8 Å². The molecular weight excluding hydrogens is 144 g/mol. The van der Waals surface area contributed by atoms with E-state index in [9.17, 15) is 0 Å². The molecule has 0 radical (unpaired) electrons. The SMILES string of the molecule is CC1=C(Cl)C=CC(C)C=C1. The van der Waals surface area contributed by atoms with Crippen LogP contribution in [-0.4, -0.2) is 0 Å². The van der Waals surface area contributed by atoms with Crippen molar-refractivity contribution in [3.63, 3.8) is 0 Å². The first-order valence-corrected chi connectivity index (χ1v) is 3.80. The van der Waals surface area contributed by atoms with Gasteiger partial charge in [0.2, 0.25) is 0 Å². The smallest absolute Gasteiger partial charge is 0.0432 e. The Morgan fingerprint density at radius 2 is 1.90 bits per heavy atom. The lowest BCUT2D eigenvalue weighted by molar-refractivity contribution is 0.942. The van der Waals surface area contributed by atoms with Gasteiger partial charge in [-0.2, -0.15) is 0 Å². The van der Waals surface area contributed by atoms with Crippen molar-refractivity contribution in [2.24, 2.45) is 5.92 Å². The average molecular weight is 155 g/mol. The lowest BCUT2D eigenvalue weighted by Gasteiger charge is -1.91. The summed E-state index contributed by atoms with van der Waals surface area (Å²) in [5.41, 5.74) is 1.14. The summed E-state index contributed by atoms with van der Waals surface area (Å²) in [4.78, 5) is 0. The van der Waals surface area contributed by atoms with Gasteiger partial charge >= 0.3 is 0 Å². The molecule has 1 aliphatic carbocycles. The molecule has 0 nitrogen and oxygen atoms in total. The zero-order valence-corrected chi connectivity index (χ0v) is 7.02. The third-order valence-electron chi connectivity index (χ3n) is 1.57. The molecule has 0 aromatic rings. The van der Waals surface area contributed by atoms with E-state index in [1.165, 1.54) is 0 Å². The van der Waals surface area contributed by atoms with Gasteiger partial charge in [-0.15, -0.1) is 0 Å². The first-order valence-electron chi connectivity index (χ1n) is 3.43. The van der Waals surface area contributed by atoms with Crippen LogP contribution in [0.3, 0.4) is 0 Å². The van der Waals surface area contributed by atoms with Crippen molar-refractivity contribution in [2.45, 2.75) is 13.8 Å². The maximum Gasteiger partial charge on any atom is 0.0432 e. The Kier molecular flexibility index (Phi) is 2.34. The summed E-state index contributed by atoms with van der Waals surface area (Å²) in [5, 5.41) is 0.848. The molecule has 0 N–H and O–H groups in total. The van der Waals surface area contributed by atoms with Crippen molar-refractivity contribution < 1.29 is 0 Å². The zero-order chi connectivity index (χ0) is 7.56. The normalized spacial score (nSPS) is 25.3. The quantitative estimate of drug-likeness (QED) is 0.503. The second-order valence-electron chi connectivity index (χ2n) is 2.61. The number of hydrogen-bond acceptors (Lipinski definition) is 0. The first kappa shape index (κ1) is 7.62. The van der Waals surface area contributed by atoms with Gasteiger partial charge in [0.15, 0.2) is 0 Å². The van der Waals surface area contributed by atoms with Crippen LogP contribution in [0.5, 0.6) is 0 Å². The Hall–Kier alpha value is -0.490. The molecular formula is C9H11Cl. The van der Waals surface area contributed by atoms with Crippen LogP contribution in [-0.2, 0) is 0 Å². The van der Waals surface area contributed by atoms with E-state index >= 15 is 0 Å². The third kappa shape index (κ3) is 1.74. The minimum atomic E-state index is 0.506. The largest absolute Gasteiger partial charge is 0.0841 e. The average Bonchev–Trinajstić information content (AvgIpc) is 2.04. The minimum absolute atomic E-state index is 0.506. The molecule has 1 unspecified atom stereocenters. The molecule has 1 rings (SSSR count). The molecule has 10 heavy (non-hydrogen) atoms. The monoisotopic (exact) mass is 154 g/mol. The maximum absolute atomic E-state index is 5.88. The molecule has 0 spiro atoms. The van der Waals surface area contributed by atoms with Crippen molar-refractivity contribution in [2.75, 3.05) is 0 Å². The summed E-state index contributed by atoms with van der Waals surface area (Å²) in [6.45, 7) is 4.15. The standard InChI is InChI=1S/C9H11Cl/c1-7-3-5-8(2)9(10)6-4-7/h3-7H,1-2H3. The molecule has 1 atom stereocenters. The van der Waals surface area contributed by atoms with E-state index < -0.39 is 0 Å². The van der Waals surface area contributed by atoms with Gasteiger partial charge in [-0.25, -0.2) is 0 Å². The van der Waals surface area contributed by atoms with Crippen LogP contribution in [0.4, 0.5) is 0 Å². The fourth-order valence-corrected chi connectivity index (χ4v) is 0.943. The van der Waals surface area contributed by atoms with Gasteiger partial charge in [0, 0.05) is 5.03 Å². The van der Waals surface area contributed by atoms with E-state index in [4.69, 9.17) is 11.6 Å². The van der Waals surface area contributed by atoms with Crippen LogP contribution in [0.1, 0.15) is 13.8 Å². The highest BCUT2D eigenvalue weighted by Gasteiger charge is 1.98. The van der Waals surface area contributed by atoms with Crippen molar-refractivity contribution in [1.29, 1.82) is 0 Å². The highest BCUT2D eigenvalue weighted by Crippen LogP contribution is 2.17. The molecule has 0 saturated heterocycles. The van der Waals surface area contributed by atoms with Gasteiger partial charge < -0.3 is 0 Å². The topological polar surface area (TPSA) is 0 Å². The summed E-state index contributed by atoms with van der Waals surface area (Å²) < 4.78 is 0. The van der Waals surface area contributed by atoms with Crippen LogP contribution in [0.2, 0.25) is 0 Å². The van der Waals surface area contributed by atoms with E-state index in [1.807, 2.05) is 13.0 Å². The Morgan fingerprint density at radius 1 is 1.30 bits per heavy atom. The van der Waals surface area contributed by atoms with Crippen LogP contribution in [0, 0.1) is 5.92 Å². The third-order valence-corrected chi connectivity index (χ3v) is 2.00. The summed E-state index contributed by atoms with van der Waals surface area (Å²) >= 11 is 5.88. The van der Waals surface area contributed by atoms with Gasteiger partial charge in [0.05, 0.1) is 0 Å². The number of hydrogen-bond donors (Lipinski definition) is 0. The van der Waals surface area contributed by atoms with Crippen LogP contribution < -0.4 is 0 Å². The lowest BCUT2D eigenvalue weighted by Crippen LogP contribution is -1.78. The van der Waals surface area contributed by atoms with Crippen LogP contribution >= 0.6 is 11.6 Å². The van der Waals surface area contributed by atoms with Crippen LogP contribution in [0.25, 0.3) is 0 Å². The highest BCUT2D eigenvalue weighted by atomic mass is 35.5. The highest BCUT2D eigenvalue weighted by molar-refractivity contribution is 6.31. The van der Waals surface area contributed by atoms with E-state index in [1.54, 1.807) is 0 Å². The van der Waals surface area contributed by atoms with E-state index in [2.05, 4.69) is 25.2 Å². The second-order valence-corrected chi connectivity index (χ2v) is 3.02. The van der Waals surface area contributed by atoms with E-state index in [0.29, 0.717) is 5.92 Å². The lowest BCUT2D eigenvalue weighted by atomic mass is 10.1. The second kappa shape index (κ2) is 3.07. The predicted molar refractivity (Wildman–Crippen MR) is 46.0 cm³/mol. The van der Waals surface area contributed by atoms with Gasteiger partial charge in [-0.05, 0) is 24.5 Å². The number of allylic oxidation sites excluding steroid dienone is 6. The van der Waals surface area contributed by atoms with Gasteiger partial charge in [0.25, 0.3) is 0 Å². The molecule has 0 heterocycles. The Bertz CT molecular complexity index is 187. The fraction of sp³-hybridized carbons (Fsp3) is 0.333. The fourth-order valence-electron chi connectivity index (χ4n) is 0.808. The number of rotatable bonds is 0. The van der Waals surface area contributed by atoms with Crippen molar-refractivity contribution >= 4 is 11.6 Å². The van der Waals surface area contributed by atoms with Crippen LogP contribution in [0.15, 0.2) is 34.9 Å². The molecule has 1 heteroatoms. The molecule has 0 fully saturated rings. The molecule has 0 amide bonds. The van der Waals surface area contributed by atoms with Crippen molar-refractivity contribution in [1.82, 2.24) is 0 Å². The predicted octanol–water partition coefficient (Wildman–Crippen LogP) is 3.26. The van der Waals surface area contributed by atoms with Crippen molar-refractivity contribution in [3.8, 4) is 0 Å². The summed E-state index contributed by atoms with van der Waals surface area (Å²) in [5.74, 6) is 0.506.